The van der Waals surface area contributed by atoms with E-state index in [1.165, 1.54) is 11.3 Å². The van der Waals surface area contributed by atoms with Crippen LogP contribution in [0.2, 0.25) is 0 Å². The topological polar surface area (TPSA) is 62.7 Å². The van der Waals surface area contributed by atoms with Crippen molar-refractivity contribution < 1.29 is 4.74 Å². The molecule has 1 heterocycles. The van der Waals surface area contributed by atoms with Gasteiger partial charge in [-0.15, -0.1) is 16.4 Å². The molecular formula is C19H16N4OS. The molecular weight excluding hydrogens is 332 g/mol. The van der Waals surface area contributed by atoms with Crippen molar-refractivity contribution in [2.45, 2.75) is 0 Å². The van der Waals surface area contributed by atoms with Gasteiger partial charge >= 0.3 is 0 Å². The molecule has 0 bridgehead atoms. The number of nitrogens with zero attached hydrogens (tertiary/aromatic N) is 4. The number of hydrogen-bond donors (Lipinski definition) is 0. The lowest BCUT2D eigenvalue weighted by atomic mass is 10.1. The van der Waals surface area contributed by atoms with E-state index in [1.54, 1.807) is 25.5 Å². The van der Waals surface area contributed by atoms with Crippen LogP contribution in [0.25, 0.3) is 11.3 Å². The molecule has 6 heteroatoms. The van der Waals surface area contributed by atoms with Gasteiger partial charge in [-0.25, -0.2) is 0 Å². The molecule has 3 aromatic rings. The summed E-state index contributed by atoms with van der Waals surface area (Å²) < 4.78 is 7.19. The highest BCUT2D eigenvalue weighted by Crippen LogP contribution is 2.22. The van der Waals surface area contributed by atoms with Crippen LogP contribution in [-0.4, -0.2) is 17.9 Å². The second-order valence-corrected chi connectivity index (χ2v) is 6.11. The first kappa shape index (κ1) is 16.7. The van der Waals surface area contributed by atoms with Crippen molar-refractivity contribution in [1.82, 2.24) is 4.57 Å². The number of rotatable bonds is 4. The van der Waals surface area contributed by atoms with Crippen LogP contribution >= 0.6 is 11.3 Å². The molecule has 0 spiro atoms. The number of hydrogen-bond acceptors (Lipinski definition) is 5. The first-order chi connectivity index (χ1) is 12.2. The van der Waals surface area contributed by atoms with Gasteiger partial charge in [0.05, 0.1) is 30.7 Å². The fourth-order valence-corrected chi connectivity index (χ4v) is 3.13. The number of methoxy groups -OCH3 is 1. The fourth-order valence-electron chi connectivity index (χ4n) is 2.27. The first-order valence-corrected chi connectivity index (χ1v) is 8.45. The van der Waals surface area contributed by atoms with E-state index in [2.05, 4.69) is 21.7 Å². The van der Waals surface area contributed by atoms with E-state index < -0.39 is 0 Å². The minimum absolute atomic E-state index is 0.628. The van der Waals surface area contributed by atoms with Gasteiger partial charge < -0.3 is 9.30 Å². The maximum absolute atomic E-state index is 8.80. The monoisotopic (exact) mass is 348 g/mol. The molecule has 3 rings (SSSR count). The van der Waals surface area contributed by atoms with E-state index in [0.29, 0.717) is 5.56 Å². The maximum atomic E-state index is 8.80. The van der Waals surface area contributed by atoms with E-state index in [-0.39, 0.29) is 0 Å². The molecule has 0 saturated heterocycles. The molecule has 0 aliphatic carbocycles. The molecule has 124 valence electrons. The molecule has 0 aliphatic heterocycles. The summed E-state index contributed by atoms with van der Waals surface area (Å²) in [6, 6.07) is 17.2. The van der Waals surface area contributed by atoms with E-state index in [9.17, 15) is 0 Å². The Morgan fingerprint density at radius 2 is 1.84 bits per heavy atom. The number of aromatic nitrogens is 1. The van der Waals surface area contributed by atoms with Crippen LogP contribution in [0.15, 0.2) is 64.1 Å². The summed E-state index contributed by atoms with van der Waals surface area (Å²) in [4.78, 5) is 0.802. The molecule has 25 heavy (non-hydrogen) atoms. The minimum Gasteiger partial charge on any atom is -0.497 e. The summed E-state index contributed by atoms with van der Waals surface area (Å²) in [5.74, 6) is 0.832. The molecule has 1 aromatic heterocycles. The second-order valence-electron chi connectivity index (χ2n) is 5.27. The first-order valence-electron chi connectivity index (χ1n) is 7.57. The highest BCUT2D eigenvalue weighted by atomic mass is 32.1. The fraction of sp³-hybridized carbons (Fsp3) is 0.105. The number of benzene rings is 2. The van der Waals surface area contributed by atoms with Crippen molar-refractivity contribution in [3.05, 3.63) is 69.8 Å². The Balaban J connectivity index is 1.83. The van der Waals surface area contributed by atoms with E-state index >= 15 is 0 Å². The average molecular weight is 348 g/mol. The molecule has 0 atom stereocenters. The minimum atomic E-state index is 0.628. The Morgan fingerprint density at radius 1 is 1.12 bits per heavy atom. The predicted octanol–water partition coefficient (Wildman–Crippen LogP) is 3.57. The zero-order chi connectivity index (χ0) is 17.6. The SMILES string of the molecule is COc1ccc(-c2cs/c(=N\N=C\c3ccc(C#N)cc3)n2C)cc1. The lowest BCUT2D eigenvalue weighted by Gasteiger charge is -2.04. The van der Waals surface area contributed by atoms with Crippen molar-refractivity contribution >= 4 is 17.6 Å². The van der Waals surface area contributed by atoms with Gasteiger partial charge in [0.15, 0.2) is 0 Å². The standard InChI is InChI=1S/C19H16N4OS/c1-23-18(16-7-9-17(24-2)10-8-16)13-25-19(23)22-21-12-15-5-3-14(11-20)4-6-15/h3-10,12-13H,1-2H3/b21-12+,22-19-. The van der Waals surface area contributed by atoms with Gasteiger partial charge in [0.2, 0.25) is 4.80 Å². The van der Waals surface area contributed by atoms with Crippen LogP contribution in [0, 0.1) is 11.3 Å². The molecule has 0 fully saturated rings. The van der Waals surface area contributed by atoms with Crippen molar-refractivity contribution in [2.75, 3.05) is 7.11 Å². The number of nitriles is 1. The van der Waals surface area contributed by atoms with Crippen molar-refractivity contribution in [2.24, 2.45) is 17.3 Å². The molecule has 0 aliphatic rings. The number of thiazole rings is 1. The Bertz CT molecular complexity index is 990. The molecule has 5 nitrogen and oxygen atoms in total. The summed E-state index contributed by atoms with van der Waals surface area (Å²) in [5.41, 5.74) is 3.69. The summed E-state index contributed by atoms with van der Waals surface area (Å²) in [6.45, 7) is 0. The molecule has 0 unspecified atom stereocenters. The van der Waals surface area contributed by atoms with Crippen LogP contribution in [0.4, 0.5) is 0 Å². The number of ether oxygens (including phenoxy) is 1. The highest BCUT2D eigenvalue weighted by Gasteiger charge is 2.04. The third-order valence-corrected chi connectivity index (χ3v) is 4.61. The summed E-state index contributed by atoms with van der Waals surface area (Å²) in [6.07, 6.45) is 1.67. The Kier molecular flexibility index (Phi) is 5.07. The van der Waals surface area contributed by atoms with Gasteiger partial charge in [-0.2, -0.15) is 10.4 Å². The zero-order valence-corrected chi connectivity index (χ0v) is 14.7. The van der Waals surface area contributed by atoms with Crippen LogP contribution in [0.1, 0.15) is 11.1 Å². The lowest BCUT2D eigenvalue weighted by molar-refractivity contribution is 0.415. The molecule has 0 N–H and O–H groups in total. The smallest absolute Gasteiger partial charge is 0.210 e. The van der Waals surface area contributed by atoms with Crippen LogP contribution in [0.3, 0.4) is 0 Å². The van der Waals surface area contributed by atoms with Crippen molar-refractivity contribution in [3.63, 3.8) is 0 Å². The summed E-state index contributed by atoms with van der Waals surface area (Å²) in [5, 5.41) is 19.3. The lowest BCUT2D eigenvalue weighted by Crippen LogP contribution is -2.10. The highest BCUT2D eigenvalue weighted by molar-refractivity contribution is 7.07. The molecule has 0 amide bonds. The van der Waals surface area contributed by atoms with Gasteiger partial charge in [0.25, 0.3) is 0 Å². The predicted molar refractivity (Wildman–Crippen MR) is 99.6 cm³/mol. The second kappa shape index (κ2) is 7.60. The van der Waals surface area contributed by atoms with Gasteiger partial charge in [-0.3, -0.25) is 0 Å². The molecule has 0 radical (unpaired) electrons. The van der Waals surface area contributed by atoms with Crippen LogP contribution in [-0.2, 0) is 7.05 Å². The Hall–Kier alpha value is -3.17. The maximum Gasteiger partial charge on any atom is 0.210 e. The Labute approximate surface area is 149 Å². The van der Waals surface area contributed by atoms with E-state index in [4.69, 9.17) is 10.00 Å². The van der Waals surface area contributed by atoms with Gasteiger partial charge in [0.1, 0.15) is 5.75 Å². The Morgan fingerprint density at radius 3 is 2.48 bits per heavy atom. The largest absolute Gasteiger partial charge is 0.497 e. The molecule has 2 aromatic carbocycles. The zero-order valence-electron chi connectivity index (χ0n) is 13.9. The van der Waals surface area contributed by atoms with Gasteiger partial charge in [-0.1, -0.05) is 12.1 Å². The van der Waals surface area contributed by atoms with E-state index in [1.807, 2.05) is 48.0 Å². The third-order valence-electron chi connectivity index (χ3n) is 3.70. The third kappa shape index (κ3) is 3.84. The van der Waals surface area contributed by atoms with Crippen LogP contribution < -0.4 is 9.54 Å². The summed E-state index contributed by atoms with van der Waals surface area (Å²) in [7, 11) is 3.62. The van der Waals surface area contributed by atoms with Gasteiger partial charge in [-0.05, 0) is 47.5 Å². The van der Waals surface area contributed by atoms with Crippen molar-refractivity contribution in [3.8, 4) is 23.1 Å². The van der Waals surface area contributed by atoms with Crippen LogP contribution in [0.5, 0.6) is 5.75 Å². The quantitative estimate of drug-likeness (QED) is 0.534. The molecule has 0 saturated carbocycles. The van der Waals surface area contributed by atoms with Gasteiger partial charge in [0, 0.05) is 12.4 Å². The van der Waals surface area contributed by atoms with Crippen molar-refractivity contribution in [1.29, 1.82) is 5.26 Å². The normalized spacial score (nSPS) is 11.6. The van der Waals surface area contributed by atoms with E-state index in [0.717, 1.165) is 27.4 Å². The summed E-state index contributed by atoms with van der Waals surface area (Å²) >= 11 is 1.53. The average Bonchev–Trinajstić information content (AvgIpc) is 3.03.